The number of hydrogen-bond donors (Lipinski definition) is 2. The molecule has 0 saturated heterocycles. The number of aromatic carboxylic acids is 1. The van der Waals surface area contributed by atoms with Gasteiger partial charge in [-0.05, 0) is 31.4 Å². The van der Waals surface area contributed by atoms with Crippen LogP contribution < -0.4 is 4.90 Å². The molecule has 0 bridgehead atoms. The first-order valence-electron chi connectivity index (χ1n) is 5.91. The number of pyridine rings is 1. The van der Waals surface area contributed by atoms with E-state index in [4.69, 9.17) is 21.8 Å². The number of carbonyl (C=O) groups is 1. The molecular weight excluding hydrogens is 256 g/mol. The summed E-state index contributed by atoms with van der Waals surface area (Å²) in [5, 5.41) is 18.2. The molecule has 0 aliphatic heterocycles. The van der Waals surface area contributed by atoms with Crippen LogP contribution in [0.25, 0.3) is 0 Å². The average molecular weight is 271 g/mol. The van der Waals surface area contributed by atoms with Crippen LogP contribution >= 0.6 is 11.6 Å². The van der Waals surface area contributed by atoms with Gasteiger partial charge in [0.2, 0.25) is 0 Å². The standard InChI is InChI=1S/C12H15ClN2O3/c13-9-4-5-10(14-11(9)12(17)18)15(6-7-16)8-2-1-3-8/h4-5,8,16H,1-3,6-7H2,(H,17,18). The van der Waals surface area contributed by atoms with Crippen LogP contribution in [0.15, 0.2) is 12.1 Å². The second kappa shape index (κ2) is 5.54. The van der Waals surface area contributed by atoms with Crippen LogP contribution in [0.5, 0.6) is 0 Å². The minimum Gasteiger partial charge on any atom is -0.476 e. The Bertz CT molecular complexity index is 449. The number of halogens is 1. The second-order valence-corrected chi connectivity index (χ2v) is 4.71. The number of nitrogens with zero attached hydrogens (tertiary/aromatic N) is 2. The number of aliphatic hydroxyl groups is 1. The van der Waals surface area contributed by atoms with Crippen LogP contribution in [0, 0.1) is 0 Å². The predicted molar refractivity (Wildman–Crippen MR) is 68.3 cm³/mol. The lowest BCUT2D eigenvalue weighted by molar-refractivity contribution is 0.0690. The molecule has 0 radical (unpaired) electrons. The Morgan fingerprint density at radius 1 is 1.50 bits per heavy atom. The van der Waals surface area contributed by atoms with Gasteiger partial charge in [-0.3, -0.25) is 0 Å². The zero-order valence-corrected chi connectivity index (χ0v) is 10.6. The van der Waals surface area contributed by atoms with E-state index in [0.717, 1.165) is 19.3 Å². The van der Waals surface area contributed by atoms with Gasteiger partial charge in [0.25, 0.3) is 0 Å². The lowest BCUT2D eigenvalue weighted by Crippen LogP contribution is -2.42. The van der Waals surface area contributed by atoms with Crippen LogP contribution in [-0.4, -0.2) is 40.4 Å². The third-order valence-corrected chi connectivity index (χ3v) is 3.49. The molecule has 1 aromatic heterocycles. The lowest BCUT2D eigenvalue weighted by atomic mass is 9.91. The first-order valence-corrected chi connectivity index (χ1v) is 6.28. The molecule has 0 amide bonds. The van der Waals surface area contributed by atoms with Gasteiger partial charge in [-0.15, -0.1) is 0 Å². The van der Waals surface area contributed by atoms with E-state index >= 15 is 0 Å². The number of anilines is 1. The molecule has 5 nitrogen and oxygen atoms in total. The zero-order chi connectivity index (χ0) is 13.1. The highest BCUT2D eigenvalue weighted by Gasteiger charge is 2.26. The summed E-state index contributed by atoms with van der Waals surface area (Å²) in [6, 6.07) is 3.58. The van der Waals surface area contributed by atoms with Gasteiger partial charge in [-0.2, -0.15) is 0 Å². The molecule has 0 spiro atoms. The van der Waals surface area contributed by atoms with Crippen molar-refractivity contribution in [1.82, 2.24) is 4.98 Å². The fraction of sp³-hybridized carbons (Fsp3) is 0.500. The van der Waals surface area contributed by atoms with E-state index in [-0.39, 0.29) is 17.3 Å². The summed E-state index contributed by atoms with van der Waals surface area (Å²) in [6.45, 7) is 0.474. The van der Waals surface area contributed by atoms with E-state index in [2.05, 4.69) is 4.98 Å². The smallest absolute Gasteiger partial charge is 0.356 e. The second-order valence-electron chi connectivity index (χ2n) is 4.31. The van der Waals surface area contributed by atoms with Gasteiger partial charge in [0.05, 0.1) is 11.6 Å². The van der Waals surface area contributed by atoms with Crippen molar-refractivity contribution in [3.63, 3.8) is 0 Å². The summed E-state index contributed by atoms with van der Waals surface area (Å²) in [6.07, 6.45) is 3.26. The quantitative estimate of drug-likeness (QED) is 0.853. The molecule has 1 aromatic rings. The van der Waals surface area contributed by atoms with Gasteiger partial charge in [-0.1, -0.05) is 11.6 Å². The molecule has 2 N–H and O–H groups in total. The fourth-order valence-electron chi connectivity index (χ4n) is 2.03. The Morgan fingerprint density at radius 2 is 2.22 bits per heavy atom. The molecule has 2 rings (SSSR count). The van der Waals surface area contributed by atoms with Crippen LogP contribution in [0.3, 0.4) is 0 Å². The normalized spacial score (nSPS) is 15.2. The van der Waals surface area contributed by atoms with Gasteiger partial charge in [-0.25, -0.2) is 9.78 Å². The number of hydrogen-bond acceptors (Lipinski definition) is 4. The van der Waals surface area contributed by atoms with Gasteiger partial charge >= 0.3 is 5.97 Å². The van der Waals surface area contributed by atoms with Crippen molar-refractivity contribution in [3.8, 4) is 0 Å². The Balaban J connectivity index is 2.29. The molecule has 0 aromatic carbocycles. The van der Waals surface area contributed by atoms with Crippen LogP contribution in [0.2, 0.25) is 5.02 Å². The minimum atomic E-state index is -1.14. The van der Waals surface area contributed by atoms with Gasteiger partial charge in [0, 0.05) is 12.6 Å². The molecule has 1 saturated carbocycles. The van der Waals surface area contributed by atoms with Gasteiger partial charge < -0.3 is 15.1 Å². The number of aliphatic hydroxyl groups excluding tert-OH is 1. The fourth-order valence-corrected chi connectivity index (χ4v) is 2.22. The predicted octanol–water partition coefficient (Wildman–Crippen LogP) is 1.78. The summed E-state index contributed by atoms with van der Waals surface area (Å²) < 4.78 is 0. The molecule has 98 valence electrons. The number of rotatable bonds is 5. The summed E-state index contributed by atoms with van der Waals surface area (Å²) in [4.78, 5) is 17.0. The zero-order valence-electron chi connectivity index (χ0n) is 9.84. The highest BCUT2D eigenvalue weighted by molar-refractivity contribution is 6.33. The van der Waals surface area contributed by atoms with Gasteiger partial charge in [0.1, 0.15) is 5.82 Å². The maximum absolute atomic E-state index is 11.0. The van der Waals surface area contributed by atoms with Gasteiger partial charge in [0.15, 0.2) is 5.69 Å². The van der Waals surface area contributed by atoms with Crippen LogP contribution in [0.4, 0.5) is 5.82 Å². The highest BCUT2D eigenvalue weighted by Crippen LogP contribution is 2.29. The Morgan fingerprint density at radius 3 is 2.72 bits per heavy atom. The van der Waals surface area contributed by atoms with Crippen molar-refractivity contribution in [3.05, 3.63) is 22.8 Å². The maximum Gasteiger partial charge on any atom is 0.356 e. The van der Waals surface area contributed by atoms with Crippen molar-refractivity contribution in [2.45, 2.75) is 25.3 Å². The molecule has 18 heavy (non-hydrogen) atoms. The monoisotopic (exact) mass is 270 g/mol. The lowest BCUT2D eigenvalue weighted by Gasteiger charge is -2.38. The van der Waals surface area contributed by atoms with E-state index < -0.39 is 5.97 Å². The molecule has 1 aliphatic rings. The molecule has 0 atom stereocenters. The van der Waals surface area contributed by atoms with E-state index in [1.54, 1.807) is 6.07 Å². The van der Waals surface area contributed by atoms with Crippen molar-refractivity contribution in [2.24, 2.45) is 0 Å². The van der Waals surface area contributed by atoms with E-state index in [1.807, 2.05) is 4.90 Å². The number of carboxylic acid groups (broad SMARTS) is 1. The summed E-state index contributed by atoms with van der Waals surface area (Å²) in [5.41, 5.74) is -0.142. The SMILES string of the molecule is O=C(O)c1nc(N(CCO)C2CCC2)ccc1Cl. The molecule has 1 fully saturated rings. The van der Waals surface area contributed by atoms with Crippen LogP contribution in [0.1, 0.15) is 29.8 Å². The first-order chi connectivity index (χ1) is 8.63. The Labute approximate surface area is 110 Å². The maximum atomic E-state index is 11.0. The minimum absolute atomic E-state index is 0.0171. The Hall–Kier alpha value is -1.33. The van der Waals surface area contributed by atoms with E-state index in [9.17, 15) is 4.79 Å². The average Bonchev–Trinajstić information content (AvgIpc) is 2.26. The van der Waals surface area contributed by atoms with E-state index in [1.165, 1.54) is 6.07 Å². The summed E-state index contributed by atoms with van der Waals surface area (Å²) in [7, 11) is 0. The number of aromatic nitrogens is 1. The van der Waals surface area contributed by atoms with Crippen molar-refractivity contribution < 1.29 is 15.0 Å². The third-order valence-electron chi connectivity index (χ3n) is 3.18. The molecule has 1 heterocycles. The highest BCUT2D eigenvalue weighted by atomic mass is 35.5. The van der Waals surface area contributed by atoms with E-state index in [0.29, 0.717) is 18.4 Å². The summed E-state index contributed by atoms with van der Waals surface area (Å²) >= 11 is 5.79. The Kier molecular flexibility index (Phi) is 4.04. The van der Waals surface area contributed by atoms with Crippen molar-refractivity contribution >= 4 is 23.4 Å². The molecular formula is C12H15ClN2O3. The topological polar surface area (TPSA) is 73.7 Å². The molecule has 6 heteroatoms. The first kappa shape index (κ1) is 13.1. The molecule has 0 unspecified atom stereocenters. The largest absolute Gasteiger partial charge is 0.476 e. The number of carboxylic acids is 1. The van der Waals surface area contributed by atoms with Crippen LogP contribution in [-0.2, 0) is 0 Å². The third kappa shape index (κ3) is 2.57. The van der Waals surface area contributed by atoms with Crippen molar-refractivity contribution in [2.75, 3.05) is 18.1 Å². The summed E-state index contributed by atoms with van der Waals surface area (Å²) in [5.74, 6) is -0.574. The van der Waals surface area contributed by atoms with Crippen molar-refractivity contribution in [1.29, 1.82) is 0 Å². The molecule has 1 aliphatic carbocycles.